The van der Waals surface area contributed by atoms with Crippen molar-refractivity contribution in [3.05, 3.63) is 22.7 Å². The molecule has 4 N–H and O–H groups in total. The van der Waals surface area contributed by atoms with Crippen LogP contribution in [0.2, 0.25) is 5.02 Å². The summed E-state index contributed by atoms with van der Waals surface area (Å²) in [5, 5.41) is 6.04. The van der Waals surface area contributed by atoms with Crippen molar-refractivity contribution in [1.29, 1.82) is 0 Å². The van der Waals surface area contributed by atoms with E-state index in [0.29, 0.717) is 28.6 Å². The minimum atomic E-state index is -0.238. The van der Waals surface area contributed by atoms with Crippen LogP contribution in [0.5, 0.6) is 5.75 Å². The quantitative estimate of drug-likeness (QED) is 0.617. The highest BCUT2D eigenvalue weighted by atomic mass is 35.5. The Morgan fingerprint density at radius 2 is 2.04 bits per heavy atom. The number of carbonyl (C=O) groups is 1. The third-order valence-electron chi connectivity index (χ3n) is 3.40. The van der Waals surface area contributed by atoms with Gasteiger partial charge in [-0.15, -0.1) is 0 Å². The number of likely N-dealkylation sites (N-methyl/N-ethyl adjacent to an activating group) is 1. The SMILES string of the molecule is CCN(CC)CCNC(=O)c1cc(Cl)c(NC(N)=S)cc1OC. The third-order valence-corrected chi connectivity index (χ3v) is 3.81. The molecule has 0 saturated carbocycles. The molecule has 8 heteroatoms. The van der Waals surface area contributed by atoms with Crippen molar-refractivity contribution in [2.24, 2.45) is 5.73 Å². The predicted octanol–water partition coefficient (Wildman–Crippen LogP) is 2.08. The maximum absolute atomic E-state index is 12.3. The molecule has 0 spiro atoms. The van der Waals surface area contributed by atoms with Crippen LogP contribution in [-0.2, 0) is 0 Å². The topological polar surface area (TPSA) is 79.6 Å². The molecule has 0 fully saturated rings. The summed E-state index contributed by atoms with van der Waals surface area (Å²) in [7, 11) is 1.49. The van der Waals surface area contributed by atoms with Crippen LogP contribution in [0.1, 0.15) is 24.2 Å². The summed E-state index contributed by atoms with van der Waals surface area (Å²) in [6.45, 7) is 7.40. The van der Waals surface area contributed by atoms with Crippen LogP contribution in [0, 0.1) is 0 Å². The molecule has 0 unspecified atom stereocenters. The van der Waals surface area contributed by atoms with Crippen molar-refractivity contribution in [3.63, 3.8) is 0 Å². The molecule has 6 nitrogen and oxygen atoms in total. The van der Waals surface area contributed by atoms with Gasteiger partial charge in [-0.25, -0.2) is 0 Å². The van der Waals surface area contributed by atoms with Gasteiger partial charge < -0.3 is 26.0 Å². The molecule has 1 aromatic carbocycles. The maximum Gasteiger partial charge on any atom is 0.255 e. The lowest BCUT2D eigenvalue weighted by atomic mass is 10.1. The summed E-state index contributed by atoms with van der Waals surface area (Å²) < 4.78 is 5.26. The van der Waals surface area contributed by atoms with E-state index in [-0.39, 0.29) is 11.0 Å². The Morgan fingerprint density at radius 3 is 2.57 bits per heavy atom. The molecule has 128 valence electrons. The zero-order valence-electron chi connectivity index (χ0n) is 13.6. The smallest absolute Gasteiger partial charge is 0.255 e. The van der Waals surface area contributed by atoms with E-state index in [1.807, 2.05) is 0 Å². The highest BCUT2D eigenvalue weighted by molar-refractivity contribution is 7.80. The molecule has 0 aliphatic heterocycles. The number of anilines is 1. The van der Waals surface area contributed by atoms with Crippen molar-refractivity contribution >= 4 is 40.5 Å². The van der Waals surface area contributed by atoms with Crippen molar-refractivity contribution < 1.29 is 9.53 Å². The summed E-state index contributed by atoms with van der Waals surface area (Å²) >= 11 is 10.9. The number of amides is 1. The summed E-state index contributed by atoms with van der Waals surface area (Å²) in [5.74, 6) is 0.159. The minimum absolute atomic E-state index is 0.0883. The molecule has 1 amide bonds. The summed E-state index contributed by atoms with van der Waals surface area (Å²) in [6, 6.07) is 3.13. The van der Waals surface area contributed by atoms with E-state index in [2.05, 4.69) is 29.4 Å². The van der Waals surface area contributed by atoms with Gasteiger partial charge in [-0.05, 0) is 31.4 Å². The van der Waals surface area contributed by atoms with E-state index in [4.69, 9.17) is 34.3 Å². The van der Waals surface area contributed by atoms with Gasteiger partial charge in [0, 0.05) is 19.2 Å². The molecule has 0 saturated heterocycles. The van der Waals surface area contributed by atoms with Crippen molar-refractivity contribution in [1.82, 2.24) is 10.2 Å². The lowest BCUT2D eigenvalue weighted by Gasteiger charge is -2.18. The Bertz CT molecular complexity index is 565. The van der Waals surface area contributed by atoms with Crippen molar-refractivity contribution in [3.8, 4) is 5.75 Å². The molecule has 0 bridgehead atoms. The van der Waals surface area contributed by atoms with Crippen molar-refractivity contribution in [2.75, 3.05) is 38.6 Å². The first kappa shape index (κ1) is 19.5. The van der Waals surface area contributed by atoms with Gasteiger partial charge in [-0.3, -0.25) is 4.79 Å². The van der Waals surface area contributed by atoms with Crippen LogP contribution in [-0.4, -0.2) is 49.2 Å². The molecule has 1 aromatic rings. The largest absolute Gasteiger partial charge is 0.496 e. The molecule has 1 rings (SSSR count). The van der Waals surface area contributed by atoms with E-state index >= 15 is 0 Å². The van der Waals surface area contributed by atoms with Gasteiger partial charge in [-0.2, -0.15) is 0 Å². The number of carbonyl (C=O) groups excluding carboxylic acids is 1. The van der Waals surface area contributed by atoms with Crippen LogP contribution in [0.4, 0.5) is 5.69 Å². The van der Waals surface area contributed by atoms with Gasteiger partial charge in [0.1, 0.15) is 5.75 Å². The Hall–Kier alpha value is -1.57. The molecule has 23 heavy (non-hydrogen) atoms. The highest BCUT2D eigenvalue weighted by Gasteiger charge is 2.16. The number of ether oxygens (including phenoxy) is 1. The molecule has 0 atom stereocenters. The van der Waals surface area contributed by atoms with Gasteiger partial charge in [0.2, 0.25) is 0 Å². The normalized spacial score (nSPS) is 10.5. The van der Waals surface area contributed by atoms with Crippen LogP contribution >= 0.6 is 23.8 Å². The number of nitrogens with one attached hydrogen (secondary N) is 2. The van der Waals surface area contributed by atoms with Crippen LogP contribution < -0.4 is 21.1 Å². The molecule has 0 radical (unpaired) electrons. The average Bonchev–Trinajstić information content (AvgIpc) is 2.52. The van der Waals surface area contributed by atoms with Gasteiger partial charge in [-0.1, -0.05) is 25.4 Å². The second kappa shape index (κ2) is 9.54. The Morgan fingerprint density at radius 1 is 1.39 bits per heavy atom. The zero-order chi connectivity index (χ0) is 17.4. The van der Waals surface area contributed by atoms with Crippen LogP contribution in [0.15, 0.2) is 12.1 Å². The average molecular weight is 359 g/mol. The number of benzene rings is 1. The second-order valence-corrected chi connectivity index (χ2v) is 5.65. The molecule has 0 heterocycles. The Balaban J connectivity index is 2.83. The van der Waals surface area contributed by atoms with E-state index in [1.165, 1.54) is 13.2 Å². The first-order valence-corrected chi connectivity index (χ1v) is 8.16. The maximum atomic E-state index is 12.3. The number of nitrogens with two attached hydrogens (primary N) is 1. The third kappa shape index (κ3) is 5.85. The fraction of sp³-hybridized carbons (Fsp3) is 0.467. The van der Waals surface area contributed by atoms with Gasteiger partial charge >= 0.3 is 0 Å². The summed E-state index contributed by atoms with van der Waals surface area (Å²) in [6.07, 6.45) is 0. The zero-order valence-corrected chi connectivity index (χ0v) is 15.2. The summed E-state index contributed by atoms with van der Waals surface area (Å²) in [5.41, 5.74) is 6.30. The number of hydrogen-bond acceptors (Lipinski definition) is 4. The number of methoxy groups -OCH3 is 1. The monoisotopic (exact) mass is 358 g/mol. The summed E-state index contributed by atoms with van der Waals surface area (Å²) in [4.78, 5) is 14.6. The van der Waals surface area contributed by atoms with E-state index in [1.54, 1.807) is 6.07 Å². The first-order valence-electron chi connectivity index (χ1n) is 7.37. The predicted molar refractivity (Wildman–Crippen MR) is 98.5 cm³/mol. The molecular formula is C15H23ClN4O2S. The van der Waals surface area contributed by atoms with Crippen molar-refractivity contribution in [2.45, 2.75) is 13.8 Å². The van der Waals surface area contributed by atoms with E-state index in [0.717, 1.165) is 19.6 Å². The van der Waals surface area contributed by atoms with Gasteiger partial charge in [0.15, 0.2) is 5.11 Å². The number of halogens is 1. The number of nitrogens with zero attached hydrogens (tertiary/aromatic N) is 1. The first-order chi connectivity index (χ1) is 10.9. The minimum Gasteiger partial charge on any atom is -0.496 e. The number of thiocarbonyl (C=S) groups is 1. The van der Waals surface area contributed by atoms with Gasteiger partial charge in [0.25, 0.3) is 5.91 Å². The lowest BCUT2D eigenvalue weighted by Crippen LogP contribution is -2.35. The highest BCUT2D eigenvalue weighted by Crippen LogP contribution is 2.30. The van der Waals surface area contributed by atoms with E-state index < -0.39 is 0 Å². The Labute approximate surface area is 147 Å². The molecule has 0 aliphatic rings. The fourth-order valence-corrected chi connectivity index (χ4v) is 2.41. The molecule has 0 aromatic heterocycles. The fourth-order valence-electron chi connectivity index (χ4n) is 2.09. The lowest BCUT2D eigenvalue weighted by molar-refractivity contribution is 0.0946. The number of hydrogen-bond donors (Lipinski definition) is 3. The number of rotatable bonds is 8. The standard InChI is InChI=1S/C15H23ClN4O2S/c1-4-20(5-2)7-6-18-14(21)10-8-11(16)12(19-15(17)23)9-13(10)22-3/h8-9H,4-7H2,1-3H3,(H,18,21)(H3,17,19,23). The van der Waals surface area contributed by atoms with Crippen LogP contribution in [0.25, 0.3) is 0 Å². The Kier molecular flexibility index (Phi) is 8.08. The van der Waals surface area contributed by atoms with Crippen LogP contribution in [0.3, 0.4) is 0 Å². The molecule has 0 aliphatic carbocycles. The molecular weight excluding hydrogens is 336 g/mol. The van der Waals surface area contributed by atoms with E-state index in [9.17, 15) is 4.79 Å². The van der Waals surface area contributed by atoms with Gasteiger partial charge in [0.05, 0.1) is 23.4 Å². The second-order valence-electron chi connectivity index (χ2n) is 4.80.